The maximum atomic E-state index is 12.0. The van der Waals surface area contributed by atoms with Gasteiger partial charge in [0.25, 0.3) is 5.69 Å². The minimum atomic E-state index is -0.530. The van der Waals surface area contributed by atoms with Crippen LogP contribution in [0.25, 0.3) is 0 Å². The second-order valence-corrected chi connectivity index (χ2v) is 5.29. The van der Waals surface area contributed by atoms with Gasteiger partial charge in [-0.3, -0.25) is 14.9 Å². The molecular formula is C18H20N2O5. The lowest BCUT2D eigenvalue weighted by atomic mass is 10.2. The van der Waals surface area contributed by atoms with Crippen LogP contribution in [0.1, 0.15) is 18.9 Å². The number of ether oxygens (including phenoxy) is 2. The predicted octanol–water partition coefficient (Wildman–Crippen LogP) is 3.57. The Labute approximate surface area is 145 Å². The molecule has 1 amide bonds. The third-order valence-corrected chi connectivity index (χ3v) is 3.60. The van der Waals surface area contributed by atoms with Crippen LogP contribution in [-0.4, -0.2) is 24.5 Å². The van der Waals surface area contributed by atoms with Crippen LogP contribution in [0.15, 0.2) is 42.5 Å². The maximum absolute atomic E-state index is 12.0. The molecule has 25 heavy (non-hydrogen) atoms. The Bertz CT molecular complexity index is 744. The van der Waals surface area contributed by atoms with Crippen LogP contribution in [0, 0.1) is 10.1 Å². The number of nitro groups is 1. The molecular weight excluding hydrogens is 324 g/mol. The first-order valence-corrected chi connectivity index (χ1v) is 7.87. The standard InChI is InChI=1S/C18H20N2O5/c1-3-13-4-7-15(8-5-13)25-11-10-18(21)19-16-12-14(20(22)23)6-9-17(16)24-2/h4-9,12H,3,10-11H2,1-2H3,(H,19,21). The molecule has 0 aliphatic rings. The summed E-state index contributed by atoms with van der Waals surface area (Å²) in [7, 11) is 1.43. The number of rotatable bonds is 8. The van der Waals surface area contributed by atoms with Gasteiger partial charge in [-0.25, -0.2) is 0 Å². The molecule has 0 saturated heterocycles. The molecule has 0 heterocycles. The Morgan fingerprint density at radius 3 is 2.52 bits per heavy atom. The van der Waals surface area contributed by atoms with Crippen molar-refractivity contribution in [3.05, 3.63) is 58.1 Å². The topological polar surface area (TPSA) is 90.7 Å². The fourth-order valence-corrected chi connectivity index (χ4v) is 2.20. The molecule has 0 bridgehead atoms. The highest BCUT2D eigenvalue weighted by Crippen LogP contribution is 2.28. The number of aryl methyl sites for hydroxylation is 1. The van der Waals surface area contributed by atoms with Gasteiger partial charge in [-0.2, -0.15) is 0 Å². The van der Waals surface area contributed by atoms with E-state index >= 15 is 0 Å². The molecule has 0 aliphatic heterocycles. The zero-order valence-corrected chi connectivity index (χ0v) is 14.2. The van der Waals surface area contributed by atoms with Gasteiger partial charge >= 0.3 is 0 Å². The van der Waals surface area contributed by atoms with Gasteiger partial charge in [0.1, 0.15) is 11.5 Å². The van der Waals surface area contributed by atoms with Crippen LogP contribution in [0.2, 0.25) is 0 Å². The molecule has 0 atom stereocenters. The third kappa shape index (κ3) is 5.20. The maximum Gasteiger partial charge on any atom is 0.271 e. The molecule has 7 heteroatoms. The predicted molar refractivity (Wildman–Crippen MR) is 94.2 cm³/mol. The smallest absolute Gasteiger partial charge is 0.271 e. The molecule has 0 unspecified atom stereocenters. The minimum Gasteiger partial charge on any atom is -0.495 e. The molecule has 2 rings (SSSR count). The second kappa shape index (κ2) is 8.68. The van der Waals surface area contributed by atoms with Gasteiger partial charge in [-0.15, -0.1) is 0 Å². The lowest BCUT2D eigenvalue weighted by Gasteiger charge is -2.10. The van der Waals surface area contributed by atoms with Crippen LogP contribution in [-0.2, 0) is 11.2 Å². The highest BCUT2D eigenvalue weighted by atomic mass is 16.6. The molecule has 2 aromatic rings. The van der Waals surface area contributed by atoms with E-state index in [-0.39, 0.29) is 30.3 Å². The quantitative estimate of drug-likeness (QED) is 0.584. The number of carbonyl (C=O) groups excluding carboxylic acids is 1. The van der Waals surface area contributed by atoms with E-state index in [4.69, 9.17) is 9.47 Å². The number of nitro benzene ring substituents is 1. The molecule has 2 aromatic carbocycles. The second-order valence-electron chi connectivity index (χ2n) is 5.29. The number of amides is 1. The monoisotopic (exact) mass is 344 g/mol. The number of methoxy groups -OCH3 is 1. The van der Waals surface area contributed by atoms with Crippen molar-refractivity contribution >= 4 is 17.3 Å². The van der Waals surface area contributed by atoms with Crippen molar-refractivity contribution in [2.24, 2.45) is 0 Å². The van der Waals surface area contributed by atoms with Crippen LogP contribution in [0.4, 0.5) is 11.4 Å². The average Bonchev–Trinajstić information content (AvgIpc) is 2.62. The first-order chi connectivity index (χ1) is 12.0. The number of carbonyl (C=O) groups is 1. The molecule has 0 saturated carbocycles. The first-order valence-electron chi connectivity index (χ1n) is 7.87. The van der Waals surface area contributed by atoms with E-state index in [1.54, 1.807) is 0 Å². The van der Waals surface area contributed by atoms with Crippen molar-refractivity contribution in [2.45, 2.75) is 19.8 Å². The zero-order valence-electron chi connectivity index (χ0n) is 14.2. The molecule has 0 spiro atoms. The largest absolute Gasteiger partial charge is 0.495 e. The summed E-state index contributed by atoms with van der Waals surface area (Å²) in [6, 6.07) is 11.7. The first kappa shape index (κ1) is 18.3. The molecule has 0 aliphatic carbocycles. The van der Waals surface area contributed by atoms with Gasteiger partial charge in [0.2, 0.25) is 5.91 Å². The van der Waals surface area contributed by atoms with Crippen molar-refractivity contribution in [3.63, 3.8) is 0 Å². The number of benzene rings is 2. The zero-order chi connectivity index (χ0) is 18.2. The van der Waals surface area contributed by atoms with Crippen molar-refractivity contribution in [2.75, 3.05) is 19.0 Å². The van der Waals surface area contributed by atoms with Gasteiger partial charge in [-0.05, 0) is 30.2 Å². The number of non-ortho nitro benzene ring substituents is 1. The van der Waals surface area contributed by atoms with E-state index < -0.39 is 4.92 Å². The number of nitrogens with one attached hydrogen (secondary N) is 1. The van der Waals surface area contributed by atoms with Gasteiger partial charge in [0.05, 0.1) is 30.7 Å². The summed E-state index contributed by atoms with van der Waals surface area (Å²) in [4.78, 5) is 22.4. The summed E-state index contributed by atoms with van der Waals surface area (Å²) < 4.78 is 10.6. The van der Waals surface area contributed by atoms with Crippen LogP contribution < -0.4 is 14.8 Å². The lowest BCUT2D eigenvalue weighted by molar-refractivity contribution is -0.384. The Morgan fingerprint density at radius 2 is 1.92 bits per heavy atom. The summed E-state index contributed by atoms with van der Waals surface area (Å²) in [6.07, 6.45) is 1.06. The summed E-state index contributed by atoms with van der Waals surface area (Å²) in [5, 5.41) is 13.5. The Hall–Kier alpha value is -3.09. The molecule has 1 N–H and O–H groups in total. The van der Waals surface area contributed by atoms with E-state index in [9.17, 15) is 14.9 Å². The number of anilines is 1. The van der Waals surface area contributed by atoms with Crippen LogP contribution in [0.5, 0.6) is 11.5 Å². The normalized spacial score (nSPS) is 10.2. The molecule has 0 aromatic heterocycles. The van der Waals surface area contributed by atoms with Crippen LogP contribution in [0.3, 0.4) is 0 Å². The van der Waals surface area contributed by atoms with Crippen molar-refractivity contribution in [1.29, 1.82) is 0 Å². The fourth-order valence-electron chi connectivity index (χ4n) is 2.20. The van der Waals surface area contributed by atoms with Gasteiger partial charge in [-0.1, -0.05) is 19.1 Å². The highest BCUT2D eigenvalue weighted by molar-refractivity contribution is 5.92. The molecule has 7 nitrogen and oxygen atoms in total. The SMILES string of the molecule is CCc1ccc(OCCC(=O)Nc2cc([N+](=O)[O-])ccc2OC)cc1. The summed E-state index contributed by atoms with van der Waals surface area (Å²) in [5.41, 5.74) is 1.35. The van der Waals surface area contributed by atoms with Gasteiger partial charge < -0.3 is 14.8 Å². The number of hydrogen-bond donors (Lipinski definition) is 1. The summed E-state index contributed by atoms with van der Waals surface area (Å²) in [5.74, 6) is 0.733. The molecule has 0 fully saturated rings. The lowest BCUT2D eigenvalue weighted by Crippen LogP contribution is -2.16. The minimum absolute atomic E-state index is 0.112. The summed E-state index contributed by atoms with van der Waals surface area (Å²) >= 11 is 0. The summed E-state index contributed by atoms with van der Waals surface area (Å²) in [6.45, 7) is 2.27. The Kier molecular flexibility index (Phi) is 6.33. The Morgan fingerprint density at radius 1 is 1.20 bits per heavy atom. The van der Waals surface area contributed by atoms with Gasteiger partial charge in [0.15, 0.2) is 0 Å². The third-order valence-electron chi connectivity index (χ3n) is 3.60. The molecule has 132 valence electrons. The highest BCUT2D eigenvalue weighted by Gasteiger charge is 2.13. The van der Waals surface area contributed by atoms with E-state index in [1.165, 1.54) is 30.9 Å². The van der Waals surface area contributed by atoms with Crippen LogP contribution >= 0.6 is 0 Å². The Balaban J connectivity index is 1.91. The average molecular weight is 344 g/mol. The number of hydrogen-bond acceptors (Lipinski definition) is 5. The van der Waals surface area contributed by atoms with E-state index in [2.05, 4.69) is 12.2 Å². The fraction of sp³-hybridized carbons (Fsp3) is 0.278. The number of nitrogens with zero attached hydrogens (tertiary/aromatic N) is 1. The van der Waals surface area contributed by atoms with Gasteiger partial charge in [0, 0.05) is 12.1 Å². The molecule has 0 radical (unpaired) electrons. The van der Waals surface area contributed by atoms with E-state index in [1.807, 2.05) is 24.3 Å². The van der Waals surface area contributed by atoms with Crippen molar-refractivity contribution in [3.8, 4) is 11.5 Å². The van der Waals surface area contributed by atoms with E-state index in [0.717, 1.165) is 6.42 Å². The van der Waals surface area contributed by atoms with Crippen molar-refractivity contribution < 1.29 is 19.2 Å². The van der Waals surface area contributed by atoms with E-state index in [0.29, 0.717) is 11.5 Å². The van der Waals surface area contributed by atoms with Crippen molar-refractivity contribution in [1.82, 2.24) is 0 Å².